The Hall–Kier alpha value is -0.570. The first-order chi connectivity index (χ1) is 9.22. The highest BCUT2D eigenvalue weighted by Crippen LogP contribution is 2.49. The van der Waals surface area contributed by atoms with E-state index in [1.165, 1.54) is 51.4 Å². The van der Waals surface area contributed by atoms with Gasteiger partial charge in [0.25, 0.3) is 0 Å². The van der Waals surface area contributed by atoms with E-state index in [-0.39, 0.29) is 11.9 Å². The molecule has 1 aliphatic heterocycles. The van der Waals surface area contributed by atoms with Gasteiger partial charge in [0, 0.05) is 12.6 Å². The largest absolute Gasteiger partial charge is 0.354 e. The van der Waals surface area contributed by atoms with Crippen molar-refractivity contribution in [2.75, 3.05) is 6.54 Å². The molecule has 3 aliphatic rings. The van der Waals surface area contributed by atoms with Crippen LogP contribution in [0.1, 0.15) is 64.7 Å². The van der Waals surface area contributed by atoms with Gasteiger partial charge < -0.3 is 10.6 Å². The fraction of sp³-hybridized carbons (Fsp3) is 0.938. The molecule has 3 atom stereocenters. The summed E-state index contributed by atoms with van der Waals surface area (Å²) in [6, 6.07) is 0.709. The first-order valence-electron chi connectivity index (χ1n) is 8.26. The molecule has 3 heteroatoms. The smallest absolute Gasteiger partial charge is 0.237 e. The molecule has 19 heavy (non-hydrogen) atoms. The lowest BCUT2D eigenvalue weighted by Crippen LogP contribution is -2.44. The van der Waals surface area contributed by atoms with Crippen molar-refractivity contribution in [2.45, 2.75) is 76.8 Å². The molecule has 1 heterocycles. The Bertz CT molecular complexity index is 324. The molecule has 3 fully saturated rings. The molecule has 0 radical (unpaired) electrons. The number of rotatable bonds is 5. The highest BCUT2D eigenvalue weighted by atomic mass is 16.2. The van der Waals surface area contributed by atoms with E-state index in [1.807, 2.05) is 0 Å². The van der Waals surface area contributed by atoms with E-state index in [1.54, 1.807) is 0 Å². The van der Waals surface area contributed by atoms with Crippen LogP contribution in [0.4, 0.5) is 0 Å². The van der Waals surface area contributed by atoms with Gasteiger partial charge in [-0.25, -0.2) is 0 Å². The van der Waals surface area contributed by atoms with Gasteiger partial charge in [0.1, 0.15) is 0 Å². The van der Waals surface area contributed by atoms with E-state index in [0.717, 1.165) is 18.9 Å². The molecule has 2 saturated carbocycles. The monoisotopic (exact) mass is 264 g/mol. The molecular weight excluding hydrogens is 236 g/mol. The van der Waals surface area contributed by atoms with Crippen LogP contribution in [0, 0.1) is 11.3 Å². The molecule has 0 aromatic carbocycles. The van der Waals surface area contributed by atoms with E-state index < -0.39 is 0 Å². The van der Waals surface area contributed by atoms with Crippen molar-refractivity contribution >= 4 is 5.91 Å². The van der Waals surface area contributed by atoms with E-state index >= 15 is 0 Å². The number of carbonyl (C=O) groups is 1. The van der Waals surface area contributed by atoms with Gasteiger partial charge >= 0.3 is 0 Å². The van der Waals surface area contributed by atoms with Crippen LogP contribution in [-0.2, 0) is 4.79 Å². The minimum atomic E-state index is 0.0885. The maximum Gasteiger partial charge on any atom is 0.237 e. The Labute approximate surface area is 116 Å². The second-order valence-electron chi connectivity index (χ2n) is 7.07. The molecule has 2 N–H and O–H groups in total. The van der Waals surface area contributed by atoms with Crippen molar-refractivity contribution in [3.63, 3.8) is 0 Å². The summed E-state index contributed by atoms with van der Waals surface area (Å²) >= 11 is 0. The zero-order chi connectivity index (χ0) is 13.3. The van der Waals surface area contributed by atoms with Gasteiger partial charge in [-0.1, -0.05) is 26.2 Å². The molecule has 0 aromatic heterocycles. The average Bonchev–Trinajstić information content (AvgIpc) is 3.04. The van der Waals surface area contributed by atoms with Crippen LogP contribution in [0.25, 0.3) is 0 Å². The number of amides is 1. The summed E-state index contributed by atoms with van der Waals surface area (Å²) < 4.78 is 0. The molecule has 108 valence electrons. The van der Waals surface area contributed by atoms with Crippen LogP contribution in [0.5, 0.6) is 0 Å². The lowest BCUT2D eigenvalue weighted by Gasteiger charge is -2.24. The van der Waals surface area contributed by atoms with Gasteiger partial charge in [0.15, 0.2) is 0 Å². The van der Waals surface area contributed by atoms with Crippen molar-refractivity contribution in [3.8, 4) is 0 Å². The summed E-state index contributed by atoms with van der Waals surface area (Å²) in [5.74, 6) is 1.02. The molecule has 0 aromatic rings. The summed E-state index contributed by atoms with van der Waals surface area (Å²) in [7, 11) is 0. The molecule has 1 saturated heterocycles. The second kappa shape index (κ2) is 5.43. The van der Waals surface area contributed by atoms with Gasteiger partial charge in [-0.15, -0.1) is 0 Å². The minimum absolute atomic E-state index is 0.0885. The molecule has 1 amide bonds. The maximum absolute atomic E-state index is 12.3. The third kappa shape index (κ3) is 2.96. The van der Waals surface area contributed by atoms with E-state index in [4.69, 9.17) is 0 Å². The van der Waals surface area contributed by atoms with E-state index in [9.17, 15) is 4.79 Å². The summed E-state index contributed by atoms with van der Waals surface area (Å²) in [6.07, 6.45) is 11.5. The predicted molar refractivity (Wildman–Crippen MR) is 76.9 cm³/mol. The molecular formula is C16H28N2O. The van der Waals surface area contributed by atoms with Gasteiger partial charge in [-0.3, -0.25) is 4.79 Å². The Kier molecular flexibility index (Phi) is 3.84. The molecule has 3 unspecified atom stereocenters. The maximum atomic E-state index is 12.3. The number of nitrogens with one attached hydrogen (secondary N) is 2. The second-order valence-corrected chi connectivity index (χ2v) is 7.07. The molecule has 0 spiro atoms. The van der Waals surface area contributed by atoms with E-state index in [2.05, 4.69) is 17.6 Å². The average molecular weight is 264 g/mol. The Morgan fingerprint density at radius 2 is 2.11 bits per heavy atom. The summed E-state index contributed by atoms with van der Waals surface area (Å²) in [4.78, 5) is 12.3. The Balaban J connectivity index is 1.46. The third-order valence-electron chi connectivity index (χ3n) is 5.55. The summed E-state index contributed by atoms with van der Waals surface area (Å²) in [6.45, 7) is 3.15. The first-order valence-corrected chi connectivity index (χ1v) is 8.26. The van der Waals surface area contributed by atoms with Crippen molar-refractivity contribution in [2.24, 2.45) is 11.3 Å². The van der Waals surface area contributed by atoms with Crippen LogP contribution in [0.15, 0.2) is 0 Å². The lowest BCUT2D eigenvalue weighted by molar-refractivity contribution is -0.123. The first kappa shape index (κ1) is 13.4. The van der Waals surface area contributed by atoms with Crippen LogP contribution in [-0.4, -0.2) is 24.5 Å². The van der Waals surface area contributed by atoms with Crippen molar-refractivity contribution in [1.82, 2.24) is 10.6 Å². The number of fused-ring (bicyclic) bond motifs is 1. The van der Waals surface area contributed by atoms with E-state index in [0.29, 0.717) is 11.5 Å². The zero-order valence-corrected chi connectivity index (χ0v) is 12.2. The fourth-order valence-corrected chi connectivity index (χ4v) is 4.14. The summed E-state index contributed by atoms with van der Waals surface area (Å²) in [5, 5.41) is 6.79. The van der Waals surface area contributed by atoms with Gasteiger partial charge in [0.2, 0.25) is 5.91 Å². The normalized spacial score (nSPS) is 35.7. The molecule has 2 aliphatic carbocycles. The van der Waals surface area contributed by atoms with Crippen molar-refractivity contribution in [1.29, 1.82) is 0 Å². The lowest BCUT2D eigenvalue weighted by atomic mass is 9.85. The predicted octanol–water partition coefficient (Wildman–Crippen LogP) is 2.60. The fourth-order valence-electron chi connectivity index (χ4n) is 4.14. The molecule has 3 nitrogen and oxygen atoms in total. The highest BCUT2D eigenvalue weighted by Gasteiger charge is 2.43. The van der Waals surface area contributed by atoms with Gasteiger partial charge in [-0.2, -0.15) is 0 Å². The standard InChI is InChI=1S/C16H28N2O/c1-2-7-16(8-9-16)11-17-15(19)14-10-12-5-3-4-6-13(12)18-14/h12-14,18H,2-11H2,1H3,(H,17,19). The SMILES string of the molecule is CCCC1(CNC(=O)C2CC3CCCCC3N2)CC1. The number of hydrogen-bond donors (Lipinski definition) is 2. The Morgan fingerprint density at radius 3 is 2.79 bits per heavy atom. The number of carbonyl (C=O) groups excluding carboxylic acids is 1. The topological polar surface area (TPSA) is 41.1 Å². The van der Waals surface area contributed by atoms with Crippen molar-refractivity contribution in [3.05, 3.63) is 0 Å². The van der Waals surface area contributed by atoms with Crippen LogP contribution in [0.3, 0.4) is 0 Å². The van der Waals surface area contributed by atoms with Crippen LogP contribution >= 0.6 is 0 Å². The quantitative estimate of drug-likeness (QED) is 0.801. The van der Waals surface area contributed by atoms with Crippen LogP contribution < -0.4 is 10.6 Å². The highest BCUT2D eigenvalue weighted by molar-refractivity contribution is 5.82. The minimum Gasteiger partial charge on any atom is -0.354 e. The summed E-state index contributed by atoms with van der Waals surface area (Å²) in [5.41, 5.74) is 0.468. The zero-order valence-electron chi connectivity index (χ0n) is 12.2. The van der Waals surface area contributed by atoms with Crippen LogP contribution in [0.2, 0.25) is 0 Å². The molecule has 0 bridgehead atoms. The Morgan fingerprint density at radius 1 is 1.32 bits per heavy atom. The van der Waals surface area contributed by atoms with Crippen molar-refractivity contribution < 1.29 is 4.79 Å². The number of hydrogen-bond acceptors (Lipinski definition) is 2. The molecule has 3 rings (SSSR count). The van der Waals surface area contributed by atoms with Gasteiger partial charge in [0.05, 0.1) is 6.04 Å². The third-order valence-corrected chi connectivity index (χ3v) is 5.55. The van der Waals surface area contributed by atoms with Gasteiger partial charge in [-0.05, 0) is 49.9 Å².